The van der Waals surface area contributed by atoms with E-state index in [9.17, 15) is 0 Å². The maximum atomic E-state index is 6.13. The summed E-state index contributed by atoms with van der Waals surface area (Å²) >= 11 is 0. The van der Waals surface area contributed by atoms with Crippen LogP contribution < -0.4 is 14.8 Å². The molecule has 1 N–H and O–H groups in total. The van der Waals surface area contributed by atoms with Gasteiger partial charge in [-0.05, 0) is 62.3 Å². The van der Waals surface area contributed by atoms with E-state index in [4.69, 9.17) is 18.9 Å². The van der Waals surface area contributed by atoms with Crippen LogP contribution in [0.4, 0.5) is 0 Å². The molecule has 2 aliphatic rings. The van der Waals surface area contributed by atoms with Crippen LogP contribution in [-0.2, 0) is 15.9 Å². The molecule has 0 amide bonds. The van der Waals surface area contributed by atoms with E-state index in [1.54, 1.807) is 14.2 Å². The summed E-state index contributed by atoms with van der Waals surface area (Å²) in [6.45, 7) is 4.32. The molecule has 1 atom stereocenters. The third-order valence-corrected chi connectivity index (χ3v) is 5.91. The third kappa shape index (κ3) is 7.98. The maximum Gasteiger partial charge on any atom is 0.193 e. The first kappa shape index (κ1) is 26.0. The van der Waals surface area contributed by atoms with E-state index in [-0.39, 0.29) is 24.0 Å². The molecule has 0 aliphatic carbocycles. The summed E-state index contributed by atoms with van der Waals surface area (Å²) in [5, 5.41) is 3.49. The smallest absolute Gasteiger partial charge is 0.193 e. The summed E-state index contributed by atoms with van der Waals surface area (Å²) in [5.41, 5.74) is 1.12. The number of rotatable bonds is 8. The van der Waals surface area contributed by atoms with Gasteiger partial charge in [0, 0.05) is 33.3 Å². The number of aliphatic imine (C=N–C) groups is 1. The number of ether oxygens (including phenoxy) is 4. The fraction of sp³-hybridized carbons (Fsp3) is 0.696. The van der Waals surface area contributed by atoms with Crippen LogP contribution in [-0.4, -0.2) is 77.2 Å². The molecule has 8 heteroatoms. The highest BCUT2D eigenvalue weighted by molar-refractivity contribution is 14.0. The van der Waals surface area contributed by atoms with Crippen molar-refractivity contribution in [3.63, 3.8) is 0 Å². The van der Waals surface area contributed by atoms with Crippen molar-refractivity contribution in [2.45, 2.75) is 50.7 Å². The van der Waals surface area contributed by atoms with Gasteiger partial charge < -0.3 is 29.2 Å². The number of nitrogens with one attached hydrogen (secondary N) is 1. The Morgan fingerprint density at radius 2 is 1.97 bits per heavy atom. The van der Waals surface area contributed by atoms with Gasteiger partial charge in [0.05, 0.1) is 33.0 Å². The molecule has 0 spiro atoms. The van der Waals surface area contributed by atoms with E-state index in [2.05, 4.69) is 15.2 Å². The third-order valence-electron chi connectivity index (χ3n) is 5.91. The molecule has 2 aliphatic heterocycles. The number of hydrogen-bond acceptors (Lipinski definition) is 5. The summed E-state index contributed by atoms with van der Waals surface area (Å²) in [6, 6.07) is 5.90. The van der Waals surface area contributed by atoms with E-state index >= 15 is 0 Å². The van der Waals surface area contributed by atoms with Crippen LogP contribution in [0.2, 0.25) is 0 Å². The lowest BCUT2D eigenvalue weighted by molar-refractivity contribution is -0.0721. The Balaban J connectivity index is 0.00000341. The zero-order valence-corrected chi connectivity index (χ0v) is 21.4. The molecule has 3 rings (SSSR count). The van der Waals surface area contributed by atoms with E-state index < -0.39 is 0 Å². The SMILES string of the molecule is CN=C(NCCc1cc(OC)ccc1OC)N1CCC(OCC2CCCCO2)CC1.I. The fourth-order valence-corrected chi connectivity index (χ4v) is 4.14. The Bertz CT molecular complexity index is 675. The number of guanidine groups is 1. The van der Waals surface area contributed by atoms with Crippen molar-refractivity contribution in [2.75, 3.05) is 54.1 Å². The molecule has 2 saturated heterocycles. The van der Waals surface area contributed by atoms with Crippen molar-refractivity contribution in [1.82, 2.24) is 10.2 Å². The Morgan fingerprint density at radius 3 is 2.61 bits per heavy atom. The standard InChI is InChI=1S/C23H37N3O4.HI/c1-24-23(25-12-9-18-16-20(27-2)7-8-22(18)28-3)26-13-10-19(11-14-26)30-17-21-6-4-5-15-29-21;/h7-8,16,19,21H,4-6,9-15,17H2,1-3H3,(H,24,25);1H. The first-order chi connectivity index (χ1) is 14.7. The molecule has 1 aromatic rings. The Hall–Kier alpha value is -1.26. The second-order valence-electron chi connectivity index (χ2n) is 7.91. The van der Waals surface area contributed by atoms with E-state index in [0.717, 1.165) is 81.6 Å². The van der Waals surface area contributed by atoms with Crippen LogP contribution in [0.15, 0.2) is 23.2 Å². The highest BCUT2D eigenvalue weighted by atomic mass is 127. The summed E-state index contributed by atoms with van der Waals surface area (Å²) in [6.07, 6.45) is 7.08. The van der Waals surface area contributed by atoms with Crippen LogP contribution in [0.3, 0.4) is 0 Å². The van der Waals surface area contributed by atoms with Gasteiger partial charge >= 0.3 is 0 Å². The molecule has 176 valence electrons. The number of halogens is 1. The van der Waals surface area contributed by atoms with Crippen molar-refractivity contribution in [2.24, 2.45) is 4.99 Å². The van der Waals surface area contributed by atoms with Gasteiger partial charge in [-0.1, -0.05) is 0 Å². The molecular weight excluding hydrogens is 509 g/mol. The molecular formula is C23H38IN3O4. The van der Waals surface area contributed by atoms with Crippen LogP contribution in [0.5, 0.6) is 11.5 Å². The van der Waals surface area contributed by atoms with Gasteiger partial charge in [0.1, 0.15) is 11.5 Å². The number of likely N-dealkylation sites (tertiary alicyclic amines) is 1. The van der Waals surface area contributed by atoms with Gasteiger partial charge in [-0.2, -0.15) is 0 Å². The minimum absolute atomic E-state index is 0. The minimum Gasteiger partial charge on any atom is -0.497 e. The number of nitrogens with zero attached hydrogens (tertiary/aromatic N) is 2. The molecule has 0 saturated carbocycles. The van der Waals surface area contributed by atoms with Crippen molar-refractivity contribution in [1.29, 1.82) is 0 Å². The van der Waals surface area contributed by atoms with Crippen LogP contribution in [0.1, 0.15) is 37.7 Å². The average Bonchev–Trinajstić information content (AvgIpc) is 2.81. The second-order valence-corrected chi connectivity index (χ2v) is 7.91. The lowest BCUT2D eigenvalue weighted by Gasteiger charge is -2.35. The van der Waals surface area contributed by atoms with Crippen molar-refractivity contribution in [3.8, 4) is 11.5 Å². The van der Waals surface area contributed by atoms with Gasteiger partial charge in [-0.3, -0.25) is 4.99 Å². The van der Waals surface area contributed by atoms with E-state index in [0.29, 0.717) is 12.2 Å². The number of hydrogen-bond donors (Lipinski definition) is 1. The number of piperidine rings is 1. The normalized spacial score (nSPS) is 20.2. The van der Waals surface area contributed by atoms with Gasteiger partial charge in [0.15, 0.2) is 5.96 Å². The molecule has 2 heterocycles. The van der Waals surface area contributed by atoms with Crippen LogP contribution >= 0.6 is 24.0 Å². The molecule has 0 radical (unpaired) electrons. The first-order valence-electron chi connectivity index (χ1n) is 11.1. The zero-order valence-electron chi connectivity index (χ0n) is 19.1. The number of benzene rings is 1. The summed E-state index contributed by atoms with van der Waals surface area (Å²) in [7, 11) is 5.23. The largest absolute Gasteiger partial charge is 0.497 e. The quantitative estimate of drug-likeness (QED) is 0.306. The van der Waals surface area contributed by atoms with Crippen LogP contribution in [0, 0.1) is 0 Å². The lowest BCUT2D eigenvalue weighted by Crippen LogP contribution is -2.47. The average molecular weight is 547 g/mol. The molecule has 1 aromatic carbocycles. The van der Waals surface area contributed by atoms with Crippen molar-refractivity contribution < 1.29 is 18.9 Å². The van der Waals surface area contributed by atoms with E-state index in [1.807, 2.05) is 25.2 Å². The zero-order chi connectivity index (χ0) is 21.2. The molecule has 31 heavy (non-hydrogen) atoms. The van der Waals surface area contributed by atoms with Gasteiger partial charge in [-0.25, -0.2) is 0 Å². The lowest BCUT2D eigenvalue weighted by atomic mass is 10.1. The molecule has 0 bridgehead atoms. The summed E-state index contributed by atoms with van der Waals surface area (Å²) in [4.78, 5) is 6.80. The predicted molar refractivity (Wildman–Crippen MR) is 134 cm³/mol. The highest BCUT2D eigenvalue weighted by Gasteiger charge is 2.23. The second kappa shape index (κ2) is 14.0. The molecule has 7 nitrogen and oxygen atoms in total. The molecule has 1 unspecified atom stereocenters. The summed E-state index contributed by atoms with van der Waals surface area (Å²) < 4.78 is 22.7. The van der Waals surface area contributed by atoms with Gasteiger partial charge in [0.25, 0.3) is 0 Å². The summed E-state index contributed by atoms with van der Waals surface area (Å²) in [5.74, 6) is 2.68. The first-order valence-corrected chi connectivity index (χ1v) is 11.1. The Morgan fingerprint density at radius 1 is 1.16 bits per heavy atom. The Kier molecular flexibility index (Phi) is 11.7. The van der Waals surface area contributed by atoms with Crippen molar-refractivity contribution in [3.05, 3.63) is 23.8 Å². The molecule has 2 fully saturated rings. The van der Waals surface area contributed by atoms with Crippen molar-refractivity contribution >= 4 is 29.9 Å². The predicted octanol–water partition coefficient (Wildman–Crippen LogP) is 3.49. The maximum absolute atomic E-state index is 6.13. The Labute approximate surface area is 203 Å². The van der Waals surface area contributed by atoms with E-state index in [1.165, 1.54) is 12.8 Å². The number of methoxy groups -OCH3 is 2. The molecule has 0 aromatic heterocycles. The van der Waals surface area contributed by atoms with Crippen LogP contribution in [0.25, 0.3) is 0 Å². The van der Waals surface area contributed by atoms with Gasteiger partial charge in [0.2, 0.25) is 0 Å². The van der Waals surface area contributed by atoms with Gasteiger partial charge in [-0.15, -0.1) is 24.0 Å². The fourth-order valence-electron chi connectivity index (χ4n) is 4.14. The minimum atomic E-state index is 0. The monoisotopic (exact) mass is 547 g/mol. The highest BCUT2D eigenvalue weighted by Crippen LogP contribution is 2.24. The topological polar surface area (TPSA) is 64.6 Å².